The molecule has 0 radical (unpaired) electrons. The van der Waals surface area contributed by atoms with E-state index in [1.165, 1.54) is 0 Å². The van der Waals surface area contributed by atoms with Crippen molar-refractivity contribution in [2.75, 3.05) is 13.7 Å². The van der Waals surface area contributed by atoms with Crippen LogP contribution in [0.25, 0.3) is 0 Å². The van der Waals surface area contributed by atoms with Gasteiger partial charge < -0.3 is 15.2 Å². The van der Waals surface area contributed by atoms with Gasteiger partial charge in [0.2, 0.25) is 0 Å². The number of rotatable bonds is 6. The number of methoxy groups -OCH3 is 1. The molecule has 0 spiro atoms. The van der Waals surface area contributed by atoms with Crippen LogP contribution in [0, 0.1) is 11.3 Å². The van der Waals surface area contributed by atoms with Crippen molar-refractivity contribution in [3.8, 4) is 11.8 Å². The van der Waals surface area contributed by atoms with Gasteiger partial charge in [0.15, 0.2) is 0 Å². The van der Waals surface area contributed by atoms with Crippen molar-refractivity contribution in [3.05, 3.63) is 65.2 Å². The molecule has 0 saturated carbocycles. The number of hydrogen-bond acceptors (Lipinski definition) is 4. The van der Waals surface area contributed by atoms with Crippen LogP contribution in [0.5, 0.6) is 5.75 Å². The number of aliphatic hydroxyl groups excluding tert-OH is 1. The third-order valence-corrected chi connectivity index (χ3v) is 3.34. The maximum Gasteiger partial charge on any atom is 0.124 e. The van der Waals surface area contributed by atoms with Gasteiger partial charge in [0.05, 0.1) is 31.4 Å². The van der Waals surface area contributed by atoms with Crippen molar-refractivity contribution in [1.82, 2.24) is 5.32 Å². The van der Waals surface area contributed by atoms with Gasteiger partial charge in [0, 0.05) is 12.1 Å². The first kappa shape index (κ1) is 15.0. The molecule has 0 heterocycles. The van der Waals surface area contributed by atoms with E-state index < -0.39 is 0 Å². The van der Waals surface area contributed by atoms with Gasteiger partial charge in [-0.05, 0) is 17.7 Å². The topological polar surface area (TPSA) is 65.3 Å². The quantitative estimate of drug-likeness (QED) is 0.854. The molecule has 0 aromatic heterocycles. The van der Waals surface area contributed by atoms with E-state index in [0.717, 1.165) is 11.1 Å². The van der Waals surface area contributed by atoms with Gasteiger partial charge in [0.1, 0.15) is 5.75 Å². The average Bonchev–Trinajstić information content (AvgIpc) is 2.56. The minimum absolute atomic E-state index is 0.0165. The molecule has 2 aromatic carbocycles. The summed E-state index contributed by atoms with van der Waals surface area (Å²) in [7, 11) is 1.58. The highest BCUT2D eigenvalue weighted by molar-refractivity contribution is 5.42. The number of nitriles is 1. The summed E-state index contributed by atoms with van der Waals surface area (Å²) in [5.74, 6) is 0.673. The van der Waals surface area contributed by atoms with E-state index in [4.69, 9.17) is 10.00 Å². The maximum atomic E-state index is 9.53. The van der Waals surface area contributed by atoms with Crippen molar-refractivity contribution in [1.29, 1.82) is 5.26 Å². The van der Waals surface area contributed by atoms with Crippen molar-refractivity contribution >= 4 is 0 Å². The standard InChI is InChI=1S/C17H18N2O2/c1-21-17-9-13(10-18)7-8-15(17)11-19-16(12-20)14-5-3-2-4-6-14/h2-9,16,19-20H,11-12H2,1H3/t16-/m1/s1. The maximum absolute atomic E-state index is 9.53. The Kier molecular flexibility index (Phi) is 5.33. The first-order valence-electron chi connectivity index (χ1n) is 6.74. The summed E-state index contributed by atoms with van der Waals surface area (Å²) in [6.07, 6.45) is 0. The molecule has 21 heavy (non-hydrogen) atoms. The molecule has 0 amide bonds. The first-order valence-corrected chi connectivity index (χ1v) is 6.74. The molecule has 0 aliphatic heterocycles. The summed E-state index contributed by atoms with van der Waals surface area (Å²) in [6.45, 7) is 0.567. The highest BCUT2D eigenvalue weighted by atomic mass is 16.5. The molecule has 108 valence electrons. The van der Waals surface area contributed by atoms with E-state index in [2.05, 4.69) is 11.4 Å². The Hall–Kier alpha value is -2.35. The fourth-order valence-electron chi connectivity index (χ4n) is 2.17. The van der Waals surface area contributed by atoms with Gasteiger partial charge in [-0.1, -0.05) is 36.4 Å². The normalized spacial score (nSPS) is 11.7. The van der Waals surface area contributed by atoms with E-state index in [0.29, 0.717) is 17.9 Å². The second kappa shape index (κ2) is 7.44. The number of benzene rings is 2. The highest BCUT2D eigenvalue weighted by Gasteiger charge is 2.11. The molecule has 2 aromatic rings. The van der Waals surface area contributed by atoms with E-state index >= 15 is 0 Å². The summed E-state index contributed by atoms with van der Waals surface area (Å²) in [4.78, 5) is 0. The molecule has 0 aliphatic rings. The van der Waals surface area contributed by atoms with Crippen LogP contribution in [0.1, 0.15) is 22.7 Å². The number of aliphatic hydroxyl groups is 1. The van der Waals surface area contributed by atoms with Crippen molar-refractivity contribution < 1.29 is 9.84 Å². The third-order valence-electron chi connectivity index (χ3n) is 3.34. The number of ether oxygens (including phenoxy) is 1. The fourth-order valence-corrected chi connectivity index (χ4v) is 2.17. The third kappa shape index (κ3) is 3.82. The van der Waals surface area contributed by atoms with Crippen LogP contribution < -0.4 is 10.1 Å². The Morgan fingerprint density at radius 2 is 2.00 bits per heavy atom. The summed E-state index contributed by atoms with van der Waals surface area (Å²) in [5.41, 5.74) is 2.55. The molecule has 4 nitrogen and oxygen atoms in total. The summed E-state index contributed by atoms with van der Waals surface area (Å²) < 4.78 is 5.31. The van der Waals surface area contributed by atoms with Gasteiger partial charge in [-0.2, -0.15) is 5.26 Å². The molecule has 2 N–H and O–H groups in total. The van der Waals surface area contributed by atoms with Crippen molar-refractivity contribution in [2.24, 2.45) is 0 Å². The Morgan fingerprint density at radius 1 is 1.24 bits per heavy atom. The fraction of sp³-hybridized carbons (Fsp3) is 0.235. The summed E-state index contributed by atoms with van der Waals surface area (Å²) in [6, 6.07) is 17.1. The van der Waals surface area contributed by atoms with Crippen LogP contribution >= 0.6 is 0 Å². The molecule has 0 saturated heterocycles. The zero-order chi connectivity index (χ0) is 15.1. The van der Waals surface area contributed by atoms with Crippen LogP contribution in [-0.4, -0.2) is 18.8 Å². The first-order chi connectivity index (χ1) is 10.3. The minimum atomic E-state index is -0.133. The smallest absolute Gasteiger partial charge is 0.124 e. The monoisotopic (exact) mass is 282 g/mol. The minimum Gasteiger partial charge on any atom is -0.496 e. The largest absolute Gasteiger partial charge is 0.496 e. The lowest BCUT2D eigenvalue weighted by atomic mass is 10.1. The van der Waals surface area contributed by atoms with Crippen LogP contribution in [0.4, 0.5) is 0 Å². The molecule has 0 fully saturated rings. The lowest BCUT2D eigenvalue weighted by Crippen LogP contribution is -2.24. The number of nitrogens with zero attached hydrogens (tertiary/aromatic N) is 1. The molecule has 4 heteroatoms. The van der Waals surface area contributed by atoms with E-state index in [1.807, 2.05) is 36.4 Å². The molecular weight excluding hydrogens is 264 g/mol. The molecular formula is C17H18N2O2. The van der Waals surface area contributed by atoms with Gasteiger partial charge in [-0.15, -0.1) is 0 Å². The van der Waals surface area contributed by atoms with Crippen molar-refractivity contribution in [2.45, 2.75) is 12.6 Å². The van der Waals surface area contributed by atoms with Gasteiger partial charge in [-0.3, -0.25) is 0 Å². The molecule has 0 bridgehead atoms. The van der Waals surface area contributed by atoms with Gasteiger partial charge in [0.25, 0.3) is 0 Å². The van der Waals surface area contributed by atoms with Crippen LogP contribution in [-0.2, 0) is 6.54 Å². The second-order valence-corrected chi connectivity index (χ2v) is 4.67. The zero-order valence-corrected chi connectivity index (χ0v) is 11.9. The second-order valence-electron chi connectivity index (χ2n) is 4.67. The van der Waals surface area contributed by atoms with Crippen LogP contribution in [0.2, 0.25) is 0 Å². The highest BCUT2D eigenvalue weighted by Crippen LogP contribution is 2.21. The number of hydrogen-bond donors (Lipinski definition) is 2. The number of nitrogens with one attached hydrogen (secondary N) is 1. The molecule has 0 unspecified atom stereocenters. The lowest BCUT2D eigenvalue weighted by Gasteiger charge is -2.18. The summed E-state index contributed by atoms with van der Waals surface area (Å²) >= 11 is 0. The Labute approximate surface area is 124 Å². The summed E-state index contributed by atoms with van der Waals surface area (Å²) in [5, 5.41) is 21.7. The van der Waals surface area contributed by atoms with Crippen LogP contribution in [0.3, 0.4) is 0 Å². The zero-order valence-electron chi connectivity index (χ0n) is 11.9. The van der Waals surface area contributed by atoms with E-state index in [1.54, 1.807) is 19.2 Å². The molecule has 2 rings (SSSR count). The lowest BCUT2D eigenvalue weighted by molar-refractivity contribution is 0.243. The van der Waals surface area contributed by atoms with E-state index in [-0.39, 0.29) is 12.6 Å². The average molecular weight is 282 g/mol. The van der Waals surface area contributed by atoms with Crippen molar-refractivity contribution in [3.63, 3.8) is 0 Å². The predicted octanol–water partition coefficient (Wildman–Crippen LogP) is 2.39. The Balaban J connectivity index is 2.10. The Morgan fingerprint density at radius 3 is 2.62 bits per heavy atom. The molecule has 0 aliphatic carbocycles. The van der Waals surface area contributed by atoms with Gasteiger partial charge >= 0.3 is 0 Å². The van der Waals surface area contributed by atoms with E-state index in [9.17, 15) is 5.11 Å². The Bertz CT molecular complexity index is 620. The van der Waals surface area contributed by atoms with Crippen LogP contribution in [0.15, 0.2) is 48.5 Å². The molecule has 1 atom stereocenters. The van der Waals surface area contributed by atoms with Gasteiger partial charge in [-0.25, -0.2) is 0 Å². The predicted molar refractivity (Wildman–Crippen MR) is 80.8 cm³/mol. The SMILES string of the molecule is COc1cc(C#N)ccc1CN[C@H](CO)c1ccccc1.